The fraction of sp³-hybridized carbons (Fsp3) is 0.467. The van der Waals surface area contributed by atoms with Crippen LogP contribution >= 0.6 is 0 Å². The minimum Gasteiger partial charge on any atom is -0.465 e. The van der Waals surface area contributed by atoms with Gasteiger partial charge in [0.2, 0.25) is 0 Å². The molecule has 0 atom stereocenters. The summed E-state index contributed by atoms with van der Waals surface area (Å²) >= 11 is 0. The number of Topliss-reactive ketones (excluding diaryl/α,β-unsaturated/α-hetero) is 1. The van der Waals surface area contributed by atoms with Crippen LogP contribution in [0, 0.1) is 5.82 Å². The summed E-state index contributed by atoms with van der Waals surface area (Å²) < 4.78 is 19.1. The predicted octanol–water partition coefficient (Wildman–Crippen LogP) is 2.56. The van der Waals surface area contributed by atoms with Gasteiger partial charge in [-0.2, -0.15) is 0 Å². The molecule has 0 aromatic heterocycles. The molecule has 0 amide bonds. The third-order valence-electron chi connectivity index (χ3n) is 3.26. The first-order chi connectivity index (χ1) is 9.52. The molecule has 108 valence electrons. The van der Waals surface area contributed by atoms with Gasteiger partial charge >= 0.3 is 5.97 Å². The number of nitrogens with zero attached hydrogens (tertiary/aromatic N) is 1. The highest BCUT2D eigenvalue weighted by Crippen LogP contribution is 2.33. The summed E-state index contributed by atoms with van der Waals surface area (Å²) in [7, 11) is 0. The molecule has 1 saturated carbocycles. The van der Waals surface area contributed by atoms with Crippen LogP contribution < -0.4 is 4.90 Å². The molecular weight excluding hydrogens is 261 g/mol. The van der Waals surface area contributed by atoms with Gasteiger partial charge in [0, 0.05) is 11.6 Å². The van der Waals surface area contributed by atoms with Crippen molar-refractivity contribution in [2.24, 2.45) is 0 Å². The number of benzene rings is 1. The predicted molar refractivity (Wildman–Crippen MR) is 73.4 cm³/mol. The lowest BCUT2D eigenvalue weighted by Gasteiger charge is -2.24. The summed E-state index contributed by atoms with van der Waals surface area (Å²) in [4.78, 5) is 24.6. The Hall–Kier alpha value is -1.91. The molecule has 5 heteroatoms. The lowest BCUT2D eigenvalue weighted by Crippen LogP contribution is -2.33. The highest BCUT2D eigenvalue weighted by Gasteiger charge is 2.32. The monoisotopic (exact) mass is 279 g/mol. The molecular formula is C15H18FNO3. The molecule has 2 rings (SSSR count). The van der Waals surface area contributed by atoms with Crippen molar-refractivity contribution < 1.29 is 18.7 Å². The molecule has 1 aliphatic rings. The molecule has 1 aromatic rings. The summed E-state index contributed by atoms with van der Waals surface area (Å²) in [6, 6.07) is 4.54. The van der Waals surface area contributed by atoms with Gasteiger partial charge in [0.25, 0.3) is 0 Å². The first-order valence-electron chi connectivity index (χ1n) is 6.75. The average molecular weight is 279 g/mol. The van der Waals surface area contributed by atoms with Gasteiger partial charge in [-0.25, -0.2) is 4.39 Å². The van der Waals surface area contributed by atoms with Crippen molar-refractivity contribution in [2.75, 3.05) is 18.1 Å². The zero-order chi connectivity index (χ0) is 14.7. The van der Waals surface area contributed by atoms with Crippen LogP contribution in [0.25, 0.3) is 0 Å². The zero-order valence-corrected chi connectivity index (χ0v) is 11.7. The normalized spacial score (nSPS) is 13.9. The Kier molecular flexibility index (Phi) is 4.37. The maximum Gasteiger partial charge on any atom is 0.325 e. The van der Waals surface area contributed by atoms with E-state index >= 15 is 0 Å². The molecule has 20 heavy (non-hydrogen) atoms. The summed E-state index contributed by atoms with van der Waals surface area (Å²) in [6.07, 6.45) is 1.88. The van der Waals surface area contributed by atoms with Crippen molar-refractivity contribution in [2.45, 2.75) is 32.7 Å². The number of hydrogen-bond acceptors (Lipinski definition) is 4. The zero-order valence-electron chi connectivity index (χ0n) is 11.7. The van der Waals surface area contributed by atoms with Crippen LogP contribution in [0.1, 0.15) is 37.0 Å². The van der Waals surface area contributed by atoms with Crippen molar-refractivity contribution in [1.82, 2.24) is 0 Å². The van der Waals surface area contributed by atoms with Crippen molar-refractivity contribution >= 4 is 17.4 Å². The van der Waals surface area contributed by atoms with Gasteiger partial charge in [0.1, 0.15) is 12.4 Å². The molecule has 0 saturated heterocycles. The van der Waals surface area contributed by atoms with E-state index < -0.39 is 5.82 Å². The van der Waals surface area contributed by atoms with Crippen molar-refractivity contribution in [3.8, 4) is 0 Å². The molecule has 0 heterocycles. The molecule has 0 aliphatic heterocycles. The van der Waals surface area contributed by atoms with E-state index in [1.165, 1.54) is 13.0 Å². The number of hydrogen-bond donors (Lipinski definition) is 0. The fourth-order valence-corrected chi connectivity index (χ4v) is 2.10. The van der Waals surface area contributed by atoms with Crippen LogP contribution in [-0.2, 0) is 9.53 Å². The van der Waals surface area contributed by atoms with Crippen LogP contribution in [0.2, 0.25) is 0 Å². The molecule has 1 aliphatic carbocycles. The second kappa shape index (κ2) is 6.03. The third-order valence-corrected chi connectivity index (χ3v) is 3.26. The van der Waals surface area contributed by atoms with E-state index in [4.69, 9.17) is 4.74 Å². The number of esters is 1. The maximum atomic E-state index is 14.1. The van der Waals surface area contributed by atoms with Crippen molar-refractivity contribution in [3.63, 3.8) is 0 Å². The van der Waals surface area contributed by atoms with Gasteiger partial charge in [0.15, 0.2) is 5.78 Å². The second-order valence-electron chi connectivity index (χ2n) is 4.89. The van der Waals surface area contributed by atoms with Crippen molar-refractivity contribution in [3.05, 3.63) is 29.6 Å². The third kappa shape index (κ3) is 3.35. The number of carbonyl (C=O) groups is 2. The summed E-state index contributed by atoms with van der Waals surface area (Å²) in [6.45, 7) is 3.48. The summed E-state index contributed by atoms with van der Waals surface area (Å²) in [5.41, 5.74) is 0.684. The van der Waals surface area contributed by atoms with Crippen LogP contribution in [0.3, 0.4) is 0 Å². The molecule has 0 radical (unpaired) electrons. The Morgan fingerprint density at radius 3 is 2.60 bits per heavy atom. The van der Waals surface area contributed by atoms with E-state index in [-0.39, 0.29) is 24.3 Å². The topological polar surface area (TPSA) is 46.6 Å². The first-order valence-corrected chi connectivity index (χ1v) is 6.75. The van der Waals surface area contributed by atoms with Gasteiger partial charge in [-0.1, -0.05) is 0 Å². The standard InChI is InChI=1S/C15H18FNO3/c1-3-20-15(19)9-17(12-5-6-12)14-7-4-11(10(2)18)8-13(14)16/h4,7-8,12H,3,5-6,9H2,1-2H3. The Morgan fingerprint density at radius 2 is 2.10 bits per heavy atom. The summed E-state index contributed by atoms with van der Waals surface area (Å²) in [5.74, 6) is -1.03. The maximum absolute atomic E-state index is 14.1. The Balaban J connectivity index is 2.21. The molecule has 4 nitrogen and oxygen atoms in total. The minimum absolute atomic E-state index is 0.0366. The number of carbonyl (C=O) groups excluding carboxylic acids is 2. The molecule has 0 unspecified atom stereocenters. The molecule has 0 spiro atoms. The largest absolute Gasteiger partial charge is 0.465 e. The van der Waals surface area contributed by atoms with E-state index in [9.17, 15) is 14.0 Å². The quantitative estimate of drug-likeness (QED) is 0.593. The lowest BCUT2D eigenvalue weighted by atomic mass is 10.1. The Labute approximate surface area is 117 Å². The highest BCUT2D eigenvalue weighted by atomic mass is 19.1. The molecule has 0 N–H and O–H groups in total. The SMILES string of the molecule is CCOC(=O)CN(c1ccc(C(C)=O)cc1F)C1CC1. The molecule has 1 aromatic carbocycles. The van der Waals surface area contributed by atoms with E-state index in [2.05, 4.69) is 0 Å². The van der Waals surface area contributed by atoms with Gasteiger partial charge < -0.3 is 9.64 Å². The number of rotatable bonds is 6. The smallest absolute Gasteiger partial charge is 0.325 e. The number of halogens is 1. The number of anilines is 1. The number of ketones is 1. The van der Waals surface area contributed by atoms with Gasteiger partial charge in [-0.05, 0) is 44.9 Å². The number of ether oxygens (including phenoxy) is 1. The van der Waals surface area contributed by atoms with Crippen LogP contribution in [-0.4, -0.2) is 30.9 Å². The fourth-order valence-electron chi connectivity index (χ4n) is 2.10. The van der Waals surface area contributed by atoms with E-state index in [1.807, 2.05) is 0 Å². The van der Waals surface area contributed by atoms with Gasteiger partial charge in [-0.3, -0.25) is 9.59 Å². The minimum atomic E-state index is -0.478. The average Bonchev–Trinajstić information content (AvgIpc) is 3.20. The van der Waals surface area contributed by atoms with E-state index in [0.717, 1.165) is 12.8 Å². The molecule has 0 bridgehead atoms. The first kappa shape index (κ1) is 14.5. The van der Waals surface area contributed by atoms with E-state index in [1.54, 1.807) is 24.0 Å². The van der Waals surface area contributed by atoms with E-state index in [0.29, 0.717) is 17.9 Å². The van der Waals surface area contributed by atoms with Crippen LogP contribution in [0.4, 0.5) is 10.1 Å². The second-order valence-corrected chi connectivity index (χ2v) is 4.89. The molecule has 1 fully saturated rings. The Bertz CT molecular complexity index is 526. The van der Waals surface area contributed by atoms with Crippen LogP contribution in [0.15, 0.2) is 18.2 Å². The highest BCUT2D eigenvalue weighted by molar-refractivity contribution is 5.94. The van der Waals surface area contributed by atoms with Gasteiger partial charge in [0.05, 0.1) is 12.3 Å². The van der Waals surface area contributed by atoms with Crippen LogP contribution in [0.5, 0.6) is 0 Å². The van der Waals surface area contributed by atoms with Gasteiger partial charge in [-0.15, -0.1) is 0 Å². The summed E-state index contributed by atoms with van der Waals surface area (Å²) in [5, 5.41) is 0. The van der Waals surface area contributed by atoms with Crippen molar-refractivity contribution in [1.29, 1.82) is 0 Å². The lowest BCUT2D eigenvalue weighted by molar-refractivity contribution is -0.141. The Morgan fingerprint density at radius 1 is 1.40 bits per heavy atom.